The van der Waals surface area contributed by atoms with Crippen LogP contribution in [0.2, 0.25) is 0 Å². The Kier molecular flexibility index (Phi) is 3.09. The van der Waals surface area contributed by atoms with Crippen molar-refractivity contribution in [3.05, 3.63) is 24.3 Å². The normalized spacial score (nSPS) is 18.4. The second-order valence-corrected chi connectivity index (χ2v) is 2.89. The Bertz CT molecular complexity index is 216. The van der Waals surface area contributed by atoms with E-state index in [1.54, 1.807) is 0 Å². The van der Waals surface area contributed by atoms with E-state index >= 15 is 0 Å². The van der Waals surface area contributed by atoms with Crippen LogP contribution in [0, 0.1) is 5.92 Å². The van der Waals surface area contributed by atoms with Gasteiger partial charge in [-0.15, -0.1) is 6.58 Å². The highest BCUT2D eigenvalue weighted by Crippen LogP contribution is 2.22. The molecule has 1 heterocycles. The summed E-state index contributed by atoms with van der Waals surface area (Å²) >= 11 is 0. The average molecular weight is 166 g/mol. The minimum atomic E-state index is -0.173. The highest BCUT2D eigenvalue weighted by atomic mass is 16.5. The molecule has 0 aromatic carbocycles. The van der Waals surface area contributed by atoms with Crippen LogP contribution >= 0.6 is 0 Å². The molecule has 66 valence electrons. The SMILES string of the molecule is C=C[C@H](CCC)C1=CCOC1=O. The molecule has 1 aliphatic heterocycles. The van der Waals surface area contributed by atoms with E-state index in [9.17, 15) is 4.79 Å². The van der Waals surface area contributed by atoms with Crippen molar-refractivity contribution in [2.24, 2.45) is 5.92 Å². The second-order valence-electron chi connectivity index (χ2n) is 2.89. The van der Waals surface area contributed by atoms with Crippen LogP contribution in [-0.4, -0.2) is 12.6 Å². The number of carbonyl (C=O) groups is 1. The zero-order valence-electron chi connectivity index (χ0n) is 7.38. The van der Waals surface area contributed by atoms with E-state index in [2.05, 4.69) is 13.5 Å². The third-order valence-corrected chi connectivity index (χ3v) is 2.04. The van der Waals surface area contributed by atoms with E-state index in [0.29, 0.717) is 6.61 Å². The molecule has 1 atom stereocenters. The van der Waals surface area contributed by atoms with Crippen molar-refractivity contribution in [3.8, 4) is 0 Å². The van der Waals surface area contributed by atoms with E-state index in [-0.39, 0.29) is 11.9 Å². The molecule has 0 saturated carbocycles. The number of cyclic esters (lactones) is 1. The third-order valence-electron chi connectivity index (χ3n) is 2.04. The Labute approximate surface area is 72.9 Å². The highest BCUT2D eigenvalue weighted by Gasteiger charge is 2.22. The number of allylic oxidation sites excluding steroid dienone is 1. The fraction of sp³-hybridized carbons (Fsp3) is 0.500. The first-order valence-corrected chi connectivity index (χ1v) is 4.29. The Morgan fingerprint density at radius 3 is 3.00 bits per heavy atom. The summed E-state index contributed by atoms with van der Waals surface area (Å²) in [6.45, 7) is 6.24. The maximum atomic E-state index is 11.1. The molecule has 0 bridgehead atoms. The lowest BCUT2D eigenvalue weighted by Crippen LogP contribution is -2.08. The summed E-state index contributed by atoms with van der Waals surface area (Å²) in [4.78, 5) is 11.1. The molecule has 0 spiro atoms. The smallest absolute Gasteiger partial charge is 0.334 e. The zero-order valence-corrected chi connectivity index (χ0v) is 7.38. The number of esters is 1. The molecule has 0 amide bonds. The molecule has 0 radical (unpaired) electrons. The van der Waals surface area contributed by atoms with Crippen LogP contribution < -0.4 is 0 Å². The molecule has 0 saturated heterocycles. The van der Waals surface area contributed by atoms with E-state index in [1.807, 2.05) is 12.2 Å². The molecule has 2 heteroatoms. The predicted molar refractivity (Wildman–Crippen MR) is 47.6 cm³/mol. The average Bonchev–Trinajstić information content (AvgIpc) is 2.47. The van der Waals surface area contributed by atoms with Crippen LogP contribution in [0.5, 0.6) is 0 Å². The lowest BCUT2D eigenvalue weighted by atomic mass is 9.95. The Morgan fingerprint density at radius 1 is 1.83 bits per heavy atom. The van der Waals surface area contributed by atoms with E-state index in [4.69, 9.17) is 4.74 Å². The van der Waals surface area contributed by atoms with Gasteiger partial charge in [-0.1, -0.05) is 19.4 Å². The largest absolute Gasteiger partial charge is 0.458 e. The minimum absolute atomic E-state index is 0.173. The number of rotatable bonds is 4. The maximum absolute atomic E-state index is 11.1. The van der Waals surface area contributed by atoms with Crippen LogP contribution in [0.25, 0.3) is 0 Å². The molecule has 0 aliphatic carbocycles. The zero-order chi connectivity index (χ0) is 8.97. The van der Waals surface area contributed by atoms with Crippen molar-refractivity contribution >= 4 is 5.97 Å². The van der Waals surface area contributed by atoms with Crippen molar-refractivity contribution in [2.75, 3.05) is 6.61 Å². The lowest BCUT2D eigenvalue weighted by Gasteiger charge is -2.09. The van der Waals surface area contributed by atoms with Gasteiger partial charge in [-0.2, -0.15) is 0 Å². The third kappa shape index (κ3) is 1.76. The summed E-state index contributed by atoms with van der Waals surface area (Å²) in [6.07, 6.45) is 5.71. The summed E-state index contributed by atoms with van der Waals surface area (Å²) in [5.74, 6) is 0.0124. The quantitative estimate of drug-likeness (QED) is 0.472. The Morgan fingerprint density at radius 2 is 2.58 bits per heavy atom. The van der Waals surface area contributed by atoms with Crippen LogP contribution in [0.4, 0.5) is 0 Å². The van der Waals surface area contributed by atoms with Gasteiger partial charge in [0.1, 0.15) is 6.61 Å². The first-order chi connectivity index (χ1) is 5.79. The summed E-state index contributed by atoms with van der Waals surface area (Å²) < 4.78 is 4.82. The standard InChI is InChI=1S/C10H14O2/c1-3-5-8(4-2)9-6-7-12-10(9)11/h4,6,8H,2-3,5,7H2,1H3/t8-/m1/s1. The molecule has 0 fully saturated rings. The molecule has 1 aliphatic rings. The molecule has 0 aromatic rings. The van der Waals surface area contributed by atoms with Crippen molar-refractivity contribution < 1.29 is 9.53 Å². The maximum Gasteiger partial charge on any atom is 0.334 e. The molecule has 0 N–H and O–H groups in total. The fourth-order valence-corrected chi connectivity index (χ4v) is 1.39. The van der Waals surface area contributed by atoms with Gasteiger partial charge in [-0.05, 0) is 12.5 Å². The first kappa shape index (κ1) is 9.04. The molecular formula is C10H14O2. The van der Waals surface area contributed by atoms with Gasteiger partial charge in [0.2, 0.25) is 0 Å². The summed E-state index contributed by atoms with van der Waals surface area (Å²) in [7, 11) is 0. The number of hydrogen-bond donors (Lipinski definition) is 0. The molecule has 2 nitrogen and oxygen atoms in total. The predicted octanol–water partition coefficient (Wildman–Crippen LogP) is 2.07. The molecule has 0 aromatic heterocycles. The minimum Gasteiger partial charge on any atom is -0.458 e. The summed E-state index contributed by atoms with van der Waals surface area (Å²) in [5.41, 5.74) is 0.784. The topological polar surface area (TPSA) is 26.3 Å². The highest BCUT2D eigenvalue weighted by molar-refractivity contribution is 5.91. The van der Waals surface area contributed by atoms with E-state index in [1.165, 1.54) is 0 Å². The summed E-state index contributed by atoms with van der Waals surface area (Å²) in [6, 6.07) is 0. The van der Waals surface area contributed by atoms with Gasteiger partial charge in [0.05, 0.1) is 0 Å². The second kappa shape index (κ2) is 4.10. The monoisotopic (exact) mass is 166 g/mol. The molecule has 0 unspecified atom stereocenters. The van der Waals surface area contributed by atoms with Gasteiger partial charge < -0.3 is 4.74 Å². The van der Waals surface area contributed by atoms with Crippen LogP contribution in [0.15, 0.2) is 24.3 Å². The van der Waals surface area contributed by atoms with Gasteiger partial charge in [0, 0.05) is 11.5 Å². The van der Waals surface area contributed by atoms with Crippen LogP contribution in [0.1, 0.15) is 19.8 Å². The van der Waals surface area contributed by atoms with Crippen LogP contribution in [-0.2, 0) is 9.53 Å². The fourth-order valence-electron chi connectivity index (χ4n) is 1.39. The number of hydrogen-bond acceptors (Lipinski definition) is 2. The summed E-state index contributed by atoms with van der Waals surface area (Å²) in [5, 5.41) is 0. The van der Waals surface area contributed by atoms with Crippen molar-refractivity contribution in [3.63, 3.8) is 0 Å². The lowest BCUT2D eigenvalue weighted by molar-refractivity contribution is -0.136. The van der Waals surface area contributed by atoms with Crippen molar-refractivity contribution in [2.45, 2.75) is 19.8 Å². The van der Waals surface area contributed by atoms with Gasteiger partial charge in [-0.3, -0.25) is 0 Å². The molecular weight excluding hydrogens is 152 g/mol. The van der Waals surface area contributed by atoms with Gasteiger partial charge in [0.15, 0.2) is 0 Å². The Hall–Kier alpha value is -1.05. The van der Waals surface area contributed by atoms with E-state index in [0.717, 1.165) is 18.4 Å². The molecule has 12 heavy (non-hydrogen) atoms. The van der Waals surface area contributed by atoms with Gasteiger partial charge in [0.25, 0.3) is 0 Å². The van der Waals surface area contributed by atoms with E-state index < -0.39 is 0 Å². The number of carbonyl (C=O) groups excluding carboxylic acids is 1. The van der Waals surface area contributed by atoms with Gasteiger partial charge in [-0.25, -0.2) is 4.79 Å². The van der Waals surface area contributed by atoms with Crippen LogP contribution in [0.3, 0.4) is 0 Å². The van der Waals surface area contributed by atoms with Crippen molar-refractivity contribution in [1.29, 1.82) is 0 Å². The first-order valence-electron chi connectivity index (χ1n) is 4.29. The van der Waals surface area contributed by atoms with Gasteiger partial charge >= 0.3 is 5.97 Å². The Balaban J connectivity index is 2.64. The number of ether oxygens (including phenoxy) is 1. The molecule has 1 rings (SSSR count). The van der Waals surface area contributed by atoms with Crippen molar-refractivity contribution in [1.82, 2.24) is 0 Å².